The number of benzene rings is 2. The molecule has 8 heteroatoms. The monoisotopic (exact) mass is 747 g/mol. The van der Waals surface area contributed by atoms with E-state index in [-0.39, 0.29) is 47.9 Å². The Morgan fingerprint density at radius 1 is 0.759 bits per heavy atom. The zero-order valence-electron chi connectivity index (χ0n) is 33.6. The van der Waals surface area contributed by atoms with Gasteiger partial charge in [0.2, 0.25) is 0 Å². The summed E-state index contributed by atoms with van der Waals surface area (Å²) >= 11 is 0. The lowest BCUT2D eigenvalue weighted by molar-refractivity contribution is -0.189. The minimum absolute atomic E-state index is 0.00113. The van der Waals surface area contributed by atoms with Crippen LogP contribution in [0.4, 0.5) is 5.69 Å². The second-order valence-corrected chi connectivity index (χ2v) is 18.4. The first-order valence-electron chi connectivity index (χ1n) is 21.7. The molecule has 0 amide bonds. The summed E-state index contributed by atoms with van der Waals surface area (Å²) in [7, 11) is 0. The van der Waals surface area contributed by atoms with Gasteiger partial charge in [-0.25, -0.2) is 0 Å². The van der Waals surface area contributed by atoms with E-state index < -0.39 is 24.4 Å². The van der Waals surface area contributed by atoms with Gasteiger partial charge in [0.1, 0.15) is 18.0 Å². The minimum Gasteiger partial charge on any atom is -0.488 e. The second-order valence-electron chi connectivity index (χ2n) is 18.4. The molecule has 300 valence electrons. The highest BCUT2D eigenvalue weighted by molar-refractivity contribution is 5.48. The first-order valence-corrected chi connectivity index (χ1v) is 21.7. The van der Waals surface area contributed by atoms with E-state index in [1.807, 2.05) is 12.1 Å². The highest BCUT2D eigenvalue weighted by atomic mass is 16.5. The maximum absolute atomic E-state index is 11.8. The number of fused-ring (bicyclic) bond motifs is 1. The summed E-state index contributed by atoms with van der Waals surface area (Å²) in [5.74, 6) is 2.47. The predicted octanol–water partition coefficient (Wildman–Crippen LogP) is 6.57. The third-order valence-corrected chi connectivity index (χ3v) is 15.1. The molecule has 3 saturated carbocycles. The Labute approximate surface area is 325 Å². The zero-order valence-corrected chi connectivity index (χ0v) is 33.6. The Bertz CT molecular complexity index is 1460. The first-order chi connectivity index (χ1) is 26.0. The first kappa shape index (κ1) is 40.0. The standard InChI is InChI=1S/C46H70N2O6/c1-6-7-31-8-16-37(17-9-31)54-42-22-27(2)38(45(51)46(42)52)26-41-29(4)44(50)39(30(5)53-41)25-35-23-34-11-10-33(24-40(34)43(49)28(35)3)32-12-14-36(15-13-32)48-20-18-47-19-21-48/h8-9,12-17,27-30,33-35,38-47,49-52H,6-7,10-11,18-26H2,1-5H3. The van der Waals surface area contributed by atoms with Gasteiger partial charge in [0.15, 0.2) is 0 Å². The molecule has 5 aliphatic rings. The fourth-order valence-corrected chi connectivity index (χ4v) is 11.5. The normalized spacial score (nSPS) is 41.6. The number of nitrogens with one attached hydrogen (secondary N) is 1. The molecule has 16 unspecified atom stereocenters. The quantitative estimate of drug-likeness (QED) is 0.186. The number of rotatable bonds is 10. The van der Waals surface area contributed by atoms with Gasteiger partial charge in [0.25, 0.3) is 0 Å². The van der Waals surface area contributed by atoms with Crippen molar-refractivity contribution in [2.75, 3.05) is 31.1 Å². The van der Waals surface area contributed by atoms with E-state index in [4.69, 9.17) is 9.47 Å². The lowest BCUT2D eigenvalue weighted by atomic mass is 9.58. The average Bonchev–Trinajstić information content (AvgIpc) is 3.19. The van der Waals surface area contributed by atoms with E-state index in [1.54, 1.807) is 0 Å². The maximum Gasteiger partial charge on any atom is 0.127 e. The summed E-state index contributed by atoms with van der Waals surface area (Å²) in [5.41, 5.74) is 4.00. The van der Waals surface area contributed by atoms with Crippen molar-refractivity contribution in [3.63, 3.8) is 0 Å². The van der Waals surface area contributed by atoms with Crippen molar-refractivity contribution < 1.29 is 29.9 Å². The molecule has 16 atom stereocenters. The molecule has 2 heterocycles. The van der Waals surface area contributed by atoms with Crippen molar-refractivity contribution >= 4 is 5.69 Å². The minimum atomic E-state index is -0.989. The van der Waals surface area contributed by atoms with Crippen LogP contribution in [0.15, 0.2) is 48.5 Å². The molecule has 2 aliphatic heterocycles. The van der Waals surface area contributed by atoms with E-state index in [0.717, 1.165) is 70.5 Å². The molecule has 5 N–H and O–H groups in total. The van der Waals surface area contributed by atoms with Gasteiger partial charge in [-0.15, -0.1) is 0 Å². The molecule has 0 spiro atoms. The number of anilines is 1. The van der Waals surface area contributed by atoms with Crippen LogP contribution in [0.2, 0.25) is 0 Å². The van der Waals surface area contributed by atoms with Gasteiger partial charge in [-0.1, -0.05) is 58.4 Å². The number of nitrogens with zero attached hydrogens (tertiary/aromatic N) is 1. The Morgan fingerprint density at radius 2 is 1.48 bits per heavy atom. The largest absolute Gasteiger partial charge is 0.488 e. The lowest BCUT2D eigenvalue weighted by Crippen LogP contribution is -2.55. The summed E-state index contributed by atoms with van der Waals surface area (Å²) in [5, 5.41) is 49.7. The average molecular weight is 747 g/mol. The number of hydrogen-bond acceptors (Lipinski definition) is 8. The van der Waals surface area contributed by atoms with Gasteiger partial charge >= 0.3 is 0 Å². The Kier molecular flexibility index (Phi) is 13.0. The molecule has 2 aromatic rings. The van der Waals surface area contributed by atoms with Crippen molar-refractivity contribution in [2.45, 2.75) is 141 Å². The van der Waals surface area contributed by atoms with Crippen molar-refractivity contribution in [2.24, 2.45) is 47.3 Å². The van der Waals surface area contributed by atoms with E-state index >= 15 is 0 Å². The van der Waals surface area contributed by atoms with Crippen LogP contribution in [0.5, 0.6) is 5.75 Å². The van der Waals surface area contributed by atoms with Crippen LogP contribution in [-0.2, 0) is 11.2 Å². The molecule has 2 saturated heterocycles. The molecule has 0 radical (unpaired) electrons. The predicted molar refractivity (Wildman–Crippen MR) is 215 cm³/mol. The third-order valence-electron chi connectivity index (χ3n) is 15.1. The fourth-order valence-electron chi connectivity index (χ4n) is 11.5. The molecular formula is C46H70N2O6. The SMILES string of the molecule is CCCc1ccc(OC2CC(C)C(CC3OC(C)C(CC4CC5CCC(c6ccc(N7CCNCC7)cc6)CC5C(O)C4C)C(O)C3C)C(O)C2O)cc1. The summed E-state index contributed by atoms with van der Waals surface area (Å²) in [6.45, 7) is 14.9. The number of piperazine rings is 1. The number of ether oxygens (including phenoxy) is 2. The Morgan fingerprint density at radius 3 is 2.19 bits per heavy atom. The number of aliphatic hydroxyl groups is 4. The smallest absolute Gasteiger partial charge is 0.127 e. The molecule has 2 aromatic carbocycles. The summed E-state index contributed by atoms with van der Waals surface area (Å²) in [6, 6.07) is 17.3. The number of hydrogen-bond donors (Lipinski definition) is 5. The molecule has 7 rings (SSSR count). The van der Waals surface area contributed by atoms with Gasteiger partial charge in [0, 0.05) is 43.7 Å². The highest BCUT2D eigenvalue weighted by Crippen LogP contribution is 2.52. The summed E-state index contributed by atoms with van der Waals surface area (Å²) in [4.78, 5) is 2.46. The Hall–Kier alpha value is -2.20. The van der Waals surface area contributed by atoms with Gasteiger partial charge in [0.05, 0.1) is 30.5 Å². The molecule has 0 aromatic heterocycles. The van der Waals surface area contributed by atoms with Crippen molar-refractivity contribution in [1.29, 1.82) is 0 Å². The van der Waals surface area contributed by atoms with Crippen molar-refractivity contribution in [1.82, 2.24) is 5.32 Å². The summed E-state index contributed by atoms with van der Waals surface area (Å²) < 4.78 is 13.0. The van der Waals surface area contributed by atoms with Crippen molar-refractivity contribution in [3.8, 4) is 5.75 Å². The van der Waals surface area contributed by atoms with Crippen LogP contribution < -0.4 is 15.0 Å². The van der Waals surface area contributed by atoms with Crippen LogP contribution in [-0.4, -0.2) is 89.3 Å². The zero-order chi connectivity index (χ0) is 38.1. The van der Waals surface area contributed by atoms with E-state index in [9.17, 15) is 20.4 Å². The van der Waals surface area contributed by atoms with Gasteiger partial charge in [-0.05, 0) is 135 Å². The number of aliphatic hydroxyl groups excluding tert-OH is 4. The second kappa shape index (κ2) is 17.5. The summed E-state index contributed by atoms with van der Waals surface area (Å²) in [6.07, 6.45) is 5.13. The molecule has 3 aliphatic carbocycles. The van der Waals surface area contributed by atoms with E-state index in [2.05, 4.69) is 81.2 Å². The van der Waals surface area contributed by atoms with Gasteiger partial charge in [-0.2, -0.15) is 0 Å². The van der Waals surface area contributed by atoms with Crippen molar-refractivity contribution in [3.05, 3.63) is 59.7 Å². The molecule has 54 heavy (non-hydrogen) atoms. The van der Waals surface area contributed by atoms with Gasteiger partial charge < -0.3 is 40.1 Å². The van der Waals surface area contributed by atoms with Gasteiger partial charge in [-0.3, -0.25) is 0 Å². The number of aryl methyl sites for hydroxylation is 1. The topological polar surface area (TPSA) is 115 Å². The van der Waals surface area contributed by atoms with E-state index in [1.165, 1.54) is 23.2 Å². The molecular weight excluding hydrogens is 677 g/mol. The molecule has 5 fully saturated rings. The van der Waals surface area contributed by atoms with Crippen LogP contribution >= 0.6 is 0 Å². The molecule has 8 nitrogen and oxygen atoms in total. The van der Waals surface area contributed by atoms with Crippen LogP contribution in [0.3, 0.4) is 0 Å². The van der Waals surface area contributed by atoms with Crippen LogP contribution in [0.25, 0.3) is 0 Å². The lowest BCUT2D eigenvalue weighted by Gasteiger charge is -2.51. The van der Waals surface area contributed by atoms with Crippen LogP contribution in [0.1, 0.15) is 103 Å². The van der Waals surface area contributed by atoms with Crippen LogP contribution in [0, 0.1) is 47.3 Å². The Balaban J connectivity index is 0.918. The van der Waals surface area contributed by atoms with E-state index in [0.29, 0.717) is 36.5 Å². The third kappa shape index (κ3) is 8.55. The molecule has 0 bridgehead atoms. The fraction of sp³-hybridized carbons (Fsp3) is 0.739. The maximum atomic E-state index is 11.8. The highest BCUT2D eigenvalue weighted by Gasteiger charge is 2.50.